The van der Waals surface area contributed by atoms with Crippen molar-refractivity contribution in [1.29, 1.82) is 0 Å². The summed E-state index contributed by atoms with van der Waals surface area (Å²) in [4.78, 5) is 24.7. The van der Waals surface area contributed by atoms with E-state index in [0.29, 0.717) is 23.4 Å². The van der Waals surface area contributed by atoms with Crippen LogP contribution in [0.15, 0.2) is 54.6 Å². The maximum atomic E-state index is 12.5. The molecule has 27 heavy (non-hydrogen) atoms. The van der Waals surface area contributed by atoms with Gasteiger partial charge in [0.1, 0.15) is 0 Å². The van der Waals surface area contributed by atoms with Crippen LogP contribution >= 0.6 is 12.2 Å². The van der Waals surface area contributed by atoms with E-state index in [0.717, 1.165) is 19.4 Å². The molecule has 2 aromatic rings. The number of rotatable bonds is 5. The van der Waals surface area contributed by atoms with E-state index in [1.807, 2.05) is 6.07 Å². The van der Waals surface area contributed by atoms with Crippen LogP contribution in [0.3, 0.4) is 0 Å². The summed E-state index contributed by atoms with van der Waals surface area (Å²) < 4.78 is 5.52. The first-order chi connectivity index (χ1) is 13.1. The molecule has 0 spiro atoms. The van der Waals surface area contributed by atoms with E-state index in [1.54, 1.807) is 48.5 Å². The van der Waals surface area contributed by atoms with Crippen molar-refractivity contribution in [2.45, 2.75) is 18.9 Å². The highest BCUT2D eigenvalue weighted by atomic mass is 32.1. The second-order valence-corrected chi connectivity index (χ2v) is 6.57. The molecule has 140 valence electrons. The zero-order valence-corrected chi connectivity index (χ0v) is 15.6. The van der Waals surface area contributed by atoms with E-state index in [2.05, 4.69) is 16.0 Å². The Labute approximate surface area is 163 Å². The van der Waals surface area contributed by atoms with Crippen LogP contribution in [-0.4, -0.2) is 36.2 Å². The lowest BCUT2D eigenvalue weighted by atomic mass is 10.1. The summed E-state index contributed by atoms with van der Waals surface area (Å²) in [5, 5.41) is 8.56. The van der Waals surface area contributed by atoms with Crippen LogP contribution in [0.2, 0.25) is 0 Å². The Morgan fingerprint density at radius 1 is 1.04 bits per heavy atom. The Morgan fingerprint density at radius 2 is 1.78 bits per heavy atom. The van der Waals surface area contributed by atoms with Crippen LogP contribution in [-0.2, 0) is 4.74 Å². The number of anilines is 1. The molecule has 0 saturated carbocycles. The zero-order valence-electron chi connectivity index (χ0n) is 14.7. The fourth-order valence-corrected chi connectivity index (χ4v) is 3.02. The lowest BCUT2D eigenvalue weighted by Gasteiger charge is -2.15. The van der Waals surface area contributed by atoms with Gasteiger partial charge in [0.15, 0.2) is 5.11 Å². The van der Waals surface area contributed by atoms with Gasteiger partial charge in [0.05, 0.1) is 17.4 Å². The van der Waals surface area contributed by atoms with Crippen LogP contribution in [0.1, 0.15) is 33.6 Å². The normalized spacial score (nSPS) is 15.8. The predicted octanol–water partition coefficient (Wildman–Crippen LogP) is 2.72. The number of carbonyl (C=O) groups excluding carboxylic acids is 2. The zero-order chi connectivity index (χ0) is 19.1. The Kier molecular flexibility index (Phi) is 6.51. The van der Waals surface area contributed by atoms with Gasteiger partial charge >= 0.3 is 0 Å². The lowest BCUT2D eigenvalue weighted by Crippen LogP contribution is -2.35. The molecular weight excluding hydrogens is 362 g/mol. The summed E-state index contributed by atoms with van der Waals surface area (Å²) in [6.45, 7) is 1.22. The largest absolute Gasteiger partial charge is 0.376 e. The summed E-state index contributed by atoms with van der Waals surface area (Å²) in [5.41, 5.74) is 1.48. The van der Waals surface area contributed by atoms with E-state index in [-0.39, 0.29) is 23.0 Å². The number of para-hydroxylation sites is 1. The molecular formula is C20H21N3O3S. The third-order valence-electron chi connectivity index (χ3n) is 4.20. The summed E-state index contributed by atoms with van der Waals surface area (Å²) in [6, 6.07) is 15.8. The molecule has 0 bridgehead atoms. The minimum atomic E-state index is -0.312. The molecule has 1 atom stereocenters. The molecule has 3 rings (SSSR count). The van der Waals surface area contributed by atoms with Gasteiger partial charge in [0.25, 0.3) is 11.8 Å². The van der Waals surface area contributed by atoms with Crippen molar-refractivity contribution in [3.63, 3.8) is 0 Å². The van der Waals surface area contributed by atoms with Crippen LogP contribution in [0.5, 0.6) is 0 Å². The highest BCUT2D eigenvalue weighted by Gasteiger charge is 2.18. The van der Waals surface area contributed by atoms with Crippen molar-refractivity contribution in [2.24, 2.45) is 0 Å². The fraction of sp³-hybridized carbons (Fsp3) is 0.250. The molecule has 6 nitrogen and oxygen atoms in total. The summed E-state index contributed by atoms with van der Waals surface area (Å²) in [7, 11) is 0. The van der Waals surface area contributed by atoms with Crippen molar-refractivity contribution in [1.82, 2.24) is 10.6 Å². The minimum absolute atomic E-state index is 0.0697. The summed E-state index contributed by atoms with van der Waals surface area (Å²) in [5.74, 6) is -0.529. The van der Waals surface area contributed by atoms with Crippen LogP contribution in [0, 0.1) is 0 Å². The van der Waals surface area contributed by atoms with Crippen LogP contribution in [0.25, 0.3) is 0 Å². The number of hydrogen-bond donors (Lipinski definition) is 3. The van der Waals surface area contributed by atoms with Gasteiger partial charge in [-0.1, -0.05) is 30.3 Å². The molecule has 0 radical (unpaired) electrons. The van der Waals surface area contributed by atoms with Crippen molar-refractivity contribution in [3.8, 4) is 0 Å². The maximum Gasteiger partial charge on any atom is 0.257 e. The molecule has 2 amide bonds. The second kappa shape index (κ2) is 9.25. The summed E-state index contributed by atoms with van der Waals surface area (Å²) >= 11 is 5.22. The van der Waals surface area contributed by atoms with Gasteiger partial charge in [-0.15, -0.1) is 0 Å². The Balaban J connectivity index is 1.60. The number of amides is 2. The highest BCUT2D eigenvalue weighted by molar-refractivity contribution is 7.80. The Hall–Kier alpha value is -2.77. The number of hydrogen-bond acceptors (Lipinski definition) is 4. The molecule has 1 aliphatic rings. The molecule has 0 aliphatic carbocycles. The van der Waals surface area contributed by atoms with Crippen LogP contribution in [0.4, 0.5) is 5.69 Å². The number of thiocarbonyl (C=S) groups is 1. The topological polar surface area (TPSA) is 79.5 Å². The first-order valence-corrected chi connectivity index (χ1v) is 9.20. The number of ether oxygens (including phenoxy) is 1. The average Bonchev–Trinajstić information content (AvgIpc) is 3.21. The highest BCUT2D eigenvalue weighted by Crippen LogP contribution is 2.16. The molecule has 1 heterocycles. The van der Waals surface area contributed by atoms with Gasteiger partial charge in [0, 0.05) is 18.7 Å². The number of nitrogens with one attached hydrogen (secondary N) is 3. The molecule has 2 aromatic carbocycles. The van der Waals surface area contributed by atoms with E-state index in [1.165, 1.54) is 0 Å². The quantitative estimate of drug-likeness (QED) is 0.692. The molecule has 1 aliphatic heterocycles. The van der Waals surface area contributed by atoms with Crippen molar-refractivity contribution < 1.29 is 14.3 Å². The minimum Gasteiger partial charge on any atom is -0.376 e. The smallest absolute Gasteiger partial charge is 0.257 e. The second-order valence-electron chi connectivity index (χ2n) is 6.16. The summed E-state index contributed by atoms with van der Waals surface area (Å²) in [6.07, 6.45) is 2.05. The van der Waals surface area contributed by atoms with Gasteiger partial charge < -0.3 is 15.4 Å². The van der Waals surface area contributed by atoms with Crippen molar-refractivity contribution in [2.75, 3.05) is 18.5 Å². The molecule has 1 saturated heterocycles. The molecule has 7 heteroatoms. The monoisotopic (exact) mass is 383 g/mol. The standard InChI is InChI=1S/C20H21N3O3S/c24-18(14-7-2-1-3-8-14)23-20(27)22-17-11-5-4-10-16(17)19(25)21-13-15-9-6-12-26-15/h1-5,7-8,10-11,15H,6,9,12-13H2,(H,21,25)(H2,22,23,24,27). The fourth-order valence-electron chi connectivity index (χ4n) is 2.82. The third-order valence-corrected chi connectivity index (χ3v) is 4.40. The Bertz CT molecular complexity index is 820. The average molecular weight is 383 g/mol. The van der Waals surface area contributed by atoms with E-state index in [4.69, 9.17) is 17.0 Å². The first-order valence-electron chi connectivity index (χ1n) is 8.79. The van der Waals surface area contributed by atoms with Crippen molar-refractivity contribution >= 4 is 34.8 Å². The van der Waals surface area contributed by atoms with E-state index >= 15 is 0 Å². The van der Waals surface area contributed by atoms with E-state index in [9.17, 15) is 9.59 Å². The maximum absolute atomic E-state index is 12.5. The van der Waals surface area contributed by atoms with Gasteiger partial charge in [-0.3, -0.25) is 14.9 Å². The van der Waals surface area contributed by atoms with Gasteiger partial charge in [-0.05, 0) is 49.3 Å². The third kappa shape index (κ3) is 5.35. The molecule has 0 aromatic heterocycles. The number of carbonyl (C=O) groups is 2. The first kappa shape index (κ1) is 19.0. The van der Waals surface area contributed by atoms with Crippen molar-refractivity contribution in [3.05, 3.63) is 65.7 Å². The van der Waals surface area contributed by atoms with Gasteiger partial charge in [-0.25, -0.2) is 0 Å². The van der Waals surface area contributed by atoms with E-state index < -0.39 is 0 Å². The van der Waals surface area contributed by atoms with Gasteiger partial charge in [0.2, 0.25) is 0 Å². The Morgan fingerprint density at radius 3 is 2.52 bits per heavy atom. The molecule has 1 unspecified atom stereocenters. The SMILES string of the molecule is O=C(NC(=S)Nc1ccccc1C(=O)NCC1CCCO1)c1ccccc1. The molecule has 1 fully saturated rings. The predicted molar refractivity (Wildman–Crippen MR) is 108 cm³/mol. The van der Waals surface area contributed by atoms with Gasteiger partial charge in [-0.2, -0.15) is 0 Å². The van der Waals surface area contributed by atoms with Crippen LogP contribution < -0.4 is 16.0 Å². The molecule has 3 N–H and O–H groups in total. The number of benzene rings is 2. The lowest BCUT2D eigenvalue weighted by molar-refractivity contribution is 0.0858.